The van der Waals surface area contributed by atoms with Crippen LogP contribution in [0, 0.1) is 0 Å². The van der Waals surface area contributed by atoms with Crippen LogP contribution >= 0.6 is 11.3 Å². The predicted octanol–water partition coefficient (Wildman–Crippen LogP) is 1.91. The number of ether oxygens (including phenoxy) is 2. The van der Waals surface area contributed by atoms with Gasteiger partial charge in [-0.05, 0) is 17.9 Å². The van der Waals surface area contributed by atoms with Gasteiger partial charge < -0.3 is 9.47 Å². The second-order valence-electron chi connectivity index (χ2n) is 3.16. The number of rotatable bonds is 8. The van der Waals surface area contributed by atoms with Crippen LogP contribution in [-0.2, 0) is 20.7 Å². The largest absolute Gasteiger partial charge is 0.382 e. The number of aryl methyl sites for hydroxylation is 1. The van der Waals surface area contributed by atoms with Crippen molar-refractivity contribution in [3.05, 3.63) is 22.4 Å². The van der Waals surface area contributed by atoms with Gasteiger partial charge in [-0.2, -0.15) is 0 Å². The van der Waals surface area contributed by atoms with Gasteiger partial charge >= 0.3 is 0 Å². The van der Waals surface area contributed by atoms with Gasteiger partial charge in [0.1, 0.15) is 6.61 Å². The Hall–Kier alpha value is -0.710. The molecule has 0 saturated heterocycles. The van der Waals surface area contributed by atoms with Crippen LogP contribution in [0.4, 0.5) is 0 Å². The van der Waals surface area contributed by atoms with E-state index in [-0.39, 0.29) is 12.4 Å². The van der Waals surface area contributed by atoms with Crippen LogP contribution in [0.3, 0.4) is 0 Å². The van der Waals surface area contributed by atoms with Gasteiger partial charge in [-0.3, -0.25) is 4.79 Å². The topological polar surface area (TPSA) is 35.5 Å². The molecule has 0 saturated carbocycles. The smallest absolute Gasteiger partial charge is 0.158 e. The van der Waals surface area contributed by atoms with Crippen LogP contribution in [0.2, 0.25) is 0 Å². The first-order valence-corrected chi connectivity index (χ1v) is 5.81. The van der Waals surface area contributed by atoms with Crippen molar-refractivity contribution in [1.29, 1.82) is 0 Å². The summed E-state index contributed by atoms with van der Waals surface area (Å²) in [7, 11) is 1.61. The quantitative estimate of drug-likeness (QED) is 0.638. The number of Topliss-reactive ketones (excluding diaryl/α,β-unsaturated/α-hetero) is 1. The normalized spacial score (nSPS) is 10.5. The van der Waals surface area contributed by atoms with E-state index in [9.17, 15) is 4.79 Å². The summed E-state index contributed by atoms with van der Waals surface area (Å²) in [6.45, 7) is 1.23. The van der Waals surface area contributed by atoms with Crippen LogP contribution in [-0.4, -0.2) is 32.7 Å². The summed E-state index contributed by atoms with van der Waals surface area (Å²) in [5, 5.41) is 2.02. The highest BCUT2D eigenvalue weighted by atomic mass is 32.1. The minimum Gasteiger partial charge on any atom is -0.382 e. The zero-order valence-corrected chi connectivity index (χ0v) is 9.72. The molecule has 0 spiro atoms. The van der Waals surface area contributed by atoms with E-state index in [1.807, 2.05) is 17.5 Å². The molecule has 0 N–H and O–H groups in total. The van der Waals surface area contributed by atoms with Gasteiger partial charge in [0, 0.05) is 18.4 Å². The van der Waals surface area contributed by atoms with Crippen molar-refractivity contribution >= 4 is 17.1 Å². The Balaban J connectivity index is 2.04. The molecule has 0 amide bonds. The number of hydrogen-bond acceptors (Lipinski definition) is 4. The summed E-state index contributed by atoms with van der Waals surface area (Å²) in [4.78, 5) is 12.6. The van der Waals surface area contributed by atoms with Crippen molar-refractivity contribution in [2.75, 3.05) is 26.9 Å². The van der Waals surface area contributed by atoms with Crippen molar-refractivity contribution < 1.29 is 14.3 Å². The monoisotopic (exact) mass is 228 g/mol. The van der Waals surface area contributed by atoms with Crippen LogP contribution in [0.1, 0.15) is 11.3 Å². The third-order valence-electron chi connectivity index (χ3n) is 1.93. The molecule has 0 radical (unpaired) electrons. The Kier molecular flexibility index (Phi) is 6.23. The summed E-state index contributed by atoms with van der Waals surface area (Å²) in [5.74, 6) is 0.152. The summed E-state index contributed by atoms with van der Waals surface area (Å²) in [5.41, 5.74) is 0. The first-order valence-electron chi connectivity index (χ1n) is 4.93. The summed E-state index contributed by atoms with van der Waals surface area (Å²) in [6, 6.07) is 4.04. The minimum absolute atomic E-state index is 0.152. The molecular formula is C11H16O3S. The van der Waals surface area contributed by atoms with E-state index >= 15 is 0 Å². The lowest BCUT2D eigenvalue weighted by Crippen LogP contribution is -2.12. The van der Waals surface area contributed by atoms with Crippen molar-refractivity contribution in [2.45, 2.75) is 12.8 Å². The standard InChI is InChI=1S/C11H16O3S/c1-13-6-7-14-9-10(12)4-5-11-3-2-8-15-11/h2-3,8H,4-7,9H2,1H3. The number of thiophene rings is 1. The molecule has 0 unspecified atom stereocenters. The first kappa shape index (κ1) is 12.4. The Morgan fingerprint density at radius 2 is 2.33 bits per heavy atom. The van der Waals surface area contributed by atoms with Gasteiger partial charge in [-0.25, -0.2) is 0 Å². The molecule has 1 aromatic heterocycles. The lowest BCUT2D eigenvalue weighted by atomic mass is 10.2. The number of hydrogen-bond donors (Lipinski definition) is 0. The van der Waals surface area contributed by atoms with E-state index in [4.69, 9.17) is 9.47 Å². The van der Waals surface area contributed by atoms with E-state index in [0.717, 1.165) is 6.42 Å². The van der Waals surface area contributed by atoms with Crippen molar-refractivity contribution in [3.63, 3.8) is 0 Å². The average molecular weight is 228 g/mol. The van der Waals surface area contributed by atoms with E-state index in [2.05, 4.69) is 0 Å². The second kappa shape index (κ2) is 7.56. The summed E-state index contributed by atoms with van der Waals surface area (Å²) < 4.78 is 9.94. The molecule has 4 heteroatoms. The van der Waals surface area contributed by atoms with Gasteiger partial charge in [-0.15, -0.1) is 11.3 Å². The maximum atomic E-state index is 11.3. The van der Waals surface area contributed by atoms with Gasteiger partial charge in [0.2, 0.25) is 0 Å². The molecular weight excluding hydrogens is 212 g/mol. The Bertz CT molecular complexity index is 269. The van der Waals surface area contributed by atoms with Gasteiger partial charge in [0.15, 0.2) is 5.78 Å². The highest BCUT2D eigenvalue weighted by Crippen LogP contribution is 2.10. The maximum absolute atomic E-state index is 11.3. The molecule has 0 fully saturated rings. The molecule has 84 valence electrons. The fraction of sp³-hybridized carbons (Fsp3) is 0.545. The van der Waals surface area contributed by atoms with E-state index in [1.54, 1.807) is 18.4 Å². The van der Waals surface area contributed by atoms with Crippen LogP contribution in [0.5, 0.6) is 0 Å². The molecule has 0 bridgehead atoms. The predicted molar refractivity (Wildman–Crippen MR) is 60.3 cm³/mol. The molecule has 1 aromatic rings. The van der Waals surface area contributed by atoms with Crippen molar-refractivity contribution in [2.24, 2.45) is 0 Å². The summed E-state index contributed by atoms with van der Waals surface area (Å²) >= 11 is 1.68. The molecule has 1 heterocycles. The maximum Gasteiger partial charge on any atom is 0.158 e. The molecule has 0 aliphatic carbocycles. The van der Waals surface area contributed by atoms with E-state index in [0.29, 0.717) is 19.6 Å². The third-order valence-corrected chi connectivity index (χ3v) is 2.86. The number of ketones is 1. The fourth-order valence-corrected chi connectivity index (χ4v) is 1.83. The lowest BCUT2D eigenvalue weighted by Gasteiger charge is -2.02. The summed E-state index contributed by atoms with van der Waals surface area (Å²) in [6.07, 6.45) is 1.39. The number of carbonyl (C=O) groups excluding carboxylic acids is 1. The van der Waals surface area contributed by atoms with Crippen molar-refractivity contribution in [3.8, 4) is 0 Å². The highest BCUT2D eigenvalue weighted by Gasteiger charge is 2.03. The average Bonchev–Trinajstić information content (AvgIpc) is 2.74. The molecule has 3 nitrogen and oxygen atoms in total. The van der Waals surface area contributed by atoms with Gasteiger partial charge in [0.05, 0.1) is 13.2 Å². The Labute approximate surface area is 94.0 Å². The lowest BCUT2D eigenvalue weighted by molar-refractivity contribution is -0.123. The van der Waals surface area contributed by atoms with E-state index < -0.39 is 0 Å². The molecule has 0 atom stereocenters. The van der Waals surface area contributed by atoms with E-state index in [1.165, 1.54) is 4.88 Å². The van der Waals surface area contributed by atoms with Gasteiger partial charge in [-0.1, -0.05) is 6.07 Å². The minimum atomic E-state index is 0.152. The number of methoxy groups -OCH3 is 1. The fourth-order valence-electron chi connectivity index (χ4n) is 1.12. The SMILES string of the molecule is COCCOCC(=O)CCc1cccs1. The molecule has 0 aliphatic heterocycles. The Morgan fingerprint density at radius 3 is 3.00 bits per heavy atom. The molecule has 0 aliphatic rings. The highest BCUT2D eigenvalue weighted by molar-refractivity contribution is 7.09. The molecule has 1 rings (SSSR count). The number of carbonyl (C=O) groups is 1. The third kappa shape index (κ3) is 5.67. The van der Waals surface area contributed by atoms with Crippen LogP contribution in [0.15, 0.2) is 17.5 Å². The Morgan fingerprint density at radius 1 is 1.47 bits per heavy atom. The molecule has 15 heavy (non-hydrogen) atoms. The van der Waals surface area contributed by atoms with Gasteiger partial charge in [0.25, 0.3) is 0 Å². The first-order chi connectivity index (χ1) is 7.33. The molecule has 0 aromatic carbocycles. The zero-order valence-electron chi connectivity index (χ0n) is 8.90. The second-order valence-corrected chi connectivity index (χ2v) is 4.20. The van der Waals surface area contributed by atoms with Crippen LogP contribution in [0.25, 0.3) is 0 Å². The van der Waals surface area contributed by atoms with Crippen molar-refractivity contribution in [1.82, 2.24) is 0 Å². The zero-order chi connectivity index (χ0) is 10.9. The van der Waals surface area contributed by atoms with Crippen LogP contribution < -0.4 is 0 Å².